The standard InChI is InChI=1S/C17H17Cl2N3OS2/c18-13-6-12(21-7-9-2-1-5-24-9)17-15(22-13)14(19)16(25-17)10-3-4-23-8-11(10)20/h1-2,5-6,10-11H,3-4,7-8,20H2,(H,21,22)/t10-,11-/m1/s1. The van der Waals surface area contributed by atoms with E-state index in [-0.39, 0.29) is 12.0 Å². The normalized spacial score (nSPS) is 20.9. The van der Waals surface area contributed by atoms with Crippen molar-refractivity contribution < 1.29 is 4.74 Å². The molecular formula is C17H17Cl2N3OS2. The summed E-state index contributed by atoms with van der Waals surface area (Å²) in [6, 6.07) is 5.96. The maximum absolute atomic E-state index is 6.67. The highest BCUT2D eigenvalue weighted by molar-refractivity contribution is 7.20. The molecule has 0 spiro atoms. The zero-order valence-corrected chi connectivity index (χ0v) is 16.4. The van der Waals surface area contributed by atoms with Crippen molar-refractivity contribution in [1.82, 2.24) is 4.98 Å². The molecule has 0 radical (unpaired) electrons. The molecule has 1 aliphatic heterocycles. The molecule has 0 aliphatic carbocycles. The van der Waals surface area contributed by atoms with Crippen molar-refractivity contribution in [3.8, 4) is 0 Å². The van der Waals surface area contributed by atoms with E-state index < -0.39 is 0 Å². The molecule has 1 saturated heterocycles. The smallest absolute Gasteiger partial charge is 0.131 e. The largest absolute Gasteiger partial charge is 0.380 e. The highest BCUT2D eigenvalue weighted by Crippen LogP contribution is 2.45. The quantitative estimate of drug-likeness (QED) is 0.583. The van der Waals surface area contributed by atoms with Gasteiger partial charge in [0.2, 0.25) is 0 Å². The molecule has 0 bridgehead atoms. The van der Waals surface area contributed by atoms with Crippen LogP contribution < -0.4 is 11.1 Å². The number of thiophene rings is 2. The van der Waals surface area contributed by atoms with E-state index in [4.69, 9.17) is 33.7 Å². The minimum Gasteiger partial charge on any atom is -0.380 e. The van der Waals surface area contributed by atoms with Crippen molar-refractivity contribution in [2.24, 2.45) is 5.73 Å². The summed E-state index contributed by atoms with van der Waals surface area (Å²) >= 11 is 16.3. The number of hydrogen-bond acceptors (Lipinski definition) is 6. The summed E-state index contributed by atoms with van der Waals surface area (Å²) < 4.78 is 6.49. The van der Waals surface area contributed by atoms with E-state index >= 15 is 0 Å². The Labute approximate surface area is 163 Å². The highest BCUT2D eigenvalue weighted by Gasteiger charge is 2.29. The second-order valence-corrected chi connectivity index (χ2v) is 8.87. The molecule has 25 heavy (non-hydrogen) atoms. The number of aromatic nitrogens is 1. The van der Waals surface area contributed by atoms with E-state index in [2.05, 4.69) is 21.7 Å². The molecule has 0 saturated carbocycles. The van der Waals surface area contributed by atoms with Gasteiger partial charge < -0.3 is 15.8 Å². The summed E-state index contributed by atoms with van der Waals surface area (Å²) in [5.41, 5.74) is 7.97. The minimum absolute atomic E-state index is 0.0442. The molecule has 0 amide bonds. The van der Waals surface area contributed by atoms with Gasteiger partial charge in [-0.15, -0.1) is 22.7 Å². The predicted octanol–water partition coefficient (Wildman–Crippen LogP) is 5.11. The first-order valence-corrected chi connectivity index (χ1v) is 10.5. The van der Waals surface area contributed by atoms with Crippen LogP contribution >= 0.6 is 45.9 Å². The van der Waals surface area contributed by atoms with E-state index in [1.165, 1.54) is 4.88 Å². The van der Waals surface area contributed by atoms with Crippen LogP contribution in [0.15, 0.2) is 23.6 Å². The lowest BCUT2D eigenvalue weighted by Crippen LogP contribution is -2.37. The van der Waals surface area contributed by atoms with E-state index in [1.807, 2.05) is 12.1 Å². The molecule has 1 fully saturated rings. The lowest BCUT2D eigenvalue weighted by molar-refractivity contribution is 0.0703. The summed E-state index contributed by atoms with van der Waals surface area (Å²) in [5, 5.41) is 6.64. The fourth-order valence-corrected chi connectivity index (χ4v) is 5.70. The van der Waals surface area contributed by atoms with Crippen LogP contribution in [0.25, 0.3) is 10.2 Å². The van der Waals surface area contributed by atoms with Crippen molar-refractivity contribution in [3.05, 3.63) is 43.5 Å². The van der Waals surface area contributed by atoms with Gasteiger partial charge in [-0.2, -0.15) is 0 Å². The van der Waals surface area contributed by atoms with Gasteiger partial charge in [0.05, 0.1) is 22.0 Å². The van der Waals surface area contributed by atoms with Crippen LogP contribution in [0.4, 0.5) is 5.69 Å². The van der Waals surface area contributed by atoms with E-state index in [1.54, 1.807) is 22.7 Å². The minimum atomic E-state index is -0.0442. The number of pyridine rings is 1. The number of fused-ring (bicyclic) bond motifs is 1. The van der Waals surface area contributed by atoms with Crippen molar-refractivity contribution in [2.45, 2.75) is 24.9 Å². The molecule has 132 valence electrons. The Kier molecular flexibility index (Phi) is 5.18. The average molecular weight is 414 g/mol. The van der Waals surface area contributed by atoms with Crippen LogP contribution in [0.3, 0.4) is 0 Å². The molecule has 1 aliphatic rings. The van der Waals surface area contributed by atoms with Gasteiger partial charge in [-0.25, -0.2) is 4.98 Å². The number of nitrogens with one attached hydrogen (secondary N) is 1. The summed E-state index contributed by atoms with van der Waals surface area (Å²) in [6.07, 6.45) is 0.874. The van der Waals surface area contributed by atoms with Gasteiger partial charge in [0.15, 0.2) is 0 Å². The second-order valence-electron chi connectivity index (χ2n) is 6.02. The number of hydrogen-bond donors (Lipinski definition) is 2. The van der Waals surface area contributed by atoms with Crippen LogP contribution in [-0.4, -0.2) is 24.2 Å². The van der Waals surface area contributed by atoms with Crippen LogP contribution in [-0.2, 0) is 11.3 Å². The van der Waals surface area contributed by atoms with Crippen LogP contribution in [0.5, 0.6) is 0 Å². The summed E-state index contributed by atoms with van der Waals surface area (Å²) in [7, 11) is 0. The Morgan fingerprint density at radius 1 is 1.40 bits per heavy atom. The SMILES string of the molecule is N[C@@H]1COCC[C@H]1c1sc2c(NCc3cccs3)cc(Cl)nc2c1Cl. The molecule has 3 aromatic rings. The molecule has 2 atom stereocenters. The average Bonchev–Trinajstić information content (AvgIpc) is 3.22. The first-order chi connectivity index (χ1) is 12.1. The number of anilines is 1. The fraction of sp³-hybridized carbons (Fsp3) is 0.353. The second kappa shape index (κ2) is 7.39. The maximum Gasteiger partial charge on any atom is 0.131 e. The van der Waals surface area contributed by atoms with Gasteiger partial charge in [0.1, 0.15) is 10.7 Å². The van der Waals surface area contributed by atoms with E-state index in [0.29, 0.717) is 23.4 Å². The topological polar surface area (TPSA) is 60.2 Å². The zero-order valence-electron chi connectivity index (χ0n) is 13.3. The number of rotatable bonds is 4. The lowest BCUT2D eigenvalue weighted by atomic mass is 9.94. The first-order valence-electron chi connectivity index (χ1n) is 8.01. The van der Waals surface area contributed by atoms with Crippen molar-refractivity contribution in [3.63, 3.8) is 0 Å². The highest BCUT2D eigenvalue weighted by atomic mass is 35.5. The van der Waals surface area contributed by atoms with Gasteiger partial charge in [0.25, 0.3) is 0 Å². The van der Waals surface area contributed by atoms with Crippen LogP contribution in [0.1, 0.15) is 22.1 Å². The van der Waals surface area contributed by atoms with E-state index in [9.17, 15) is 0 Å². The zero-order chi connectivity index (χ0) is 17.4. The third-order valence-electron chi connectivity index (χ3n) is 4.35. The fourth-order valence-electron chi connectivity index (χ4n) is 3.08. The monoisotopic (exact) mass is 413 g/mol. The maximum atomic E-state index is 6.67. The molecule has 4 nitrogen and oxygen atoms in total. The number of ether oxygens (including phenoxy) is 1. The number of halogens is 2. The van der Waals surface area contributed by atoms with Crippen LogP contribution in [0, 0.1) is 0 Å². The van der Waals surface area contributed by atoms with Gasteiger partial charge >= 0.3 is 0 Å². The Hall–Kier alpha value is -0.890. The van der Waals surface area contributed by atoms with Crippen LogP contribution in [0.2, 0.25) is 10.2 Å². The van der Waals surface area contributed by atoms with Crippen molar-refractivity contribution in [2.75, 3.05) is 18.5 Å². The lowest BCUT2D eigenvalue weighted by Gasteiger charge is -2.28. The summed E-state index contributed by atoms with van der Waals surface area (Å²) in [6.45, 7) is 2.02. The van der Waals surface area contributed by atoms with Gasteiger partial charge in [0, 0.05) is 40.9 Å². The number of nitrogens with zero attached hydrogens (tertiary/aromatic N) is 1. The molecule has 0 aromatic carbocycles. The summed E-state index contributed by atoms with van der Waals surface area (Å²) in [4.78, 5) is 6.80. The third-order valence-corrected chi connectivity index (χ3v) is 7.26. The third kappa shape index (κ3) is 3.52. The Morgan fingerprint density at radius 2 is 2.28 bits per heavy atom. The number of nitrogens with two attached hydrogens (primary N) is 1. The molecule has 4 rings (SSSR count). The molecule has 4 heterocycles. The molecular weight excluding hydrogens is 397 g/mol. The van der Waals surface area contributed by atoms with Crippen molar-refractivity contribution >= 4 is 61.8 Å². The Balaban J connectivity index is 1.72. The molecule has 8 heteroatoms. The molecule has 0 unspecified atom stereocenters. The summed E-state index contributed by atoms with van der Waals surface area (Å²) in [5.74, 6) is 0.198. The first kappa shape index (κ1) is 17.5. The predicted molar refractivity (Wildman–Crippen MR) is 107 cm³/mol. The van der Waals surface area contributed by atoms with Gasteiger partial charge in [-0.3, -0.25) is 0 Å². The Morgan fingerprint density at radius 3 is 3.04 bits per heavy atom. The van der Waals surface area contributed by atoms with Crippen molar-refractivity contribution in [1.29, 1.82) is 0 Å². The molecule has 3 aromatic heterocycles. The Bertz CT molecular complexity index is 882. The van der Waals surface area contributed by atoms with Gasteiger partial charge in [-0.1, -0.05) is 29.3 Å². The van der Waals surface area contributed by atoms with Gasteiger partial charge in [-0.05, 0) is 17.9 Å². The molecule has 3 N–H and O–H groups in total. The van der Waals surface area contributed by atoms with E-state index in [0.717, 1.165) is 33.7 Å².